The summed E-state index contributed by atoms with van der Waals surface area (Å²) in [5.41, 5.74) is 0.268. The molecule has 0 atom stereocenters. The maximum absolute atomic E-state index is 11.6. The fraction of sp³-hybridized carbons (Fsp3) is 0.400. The maximum Gasteiger partial charge on any atom is 0.232 e. The molecule has 0 spiro atoms. The van der Waals surface area contributed by atoms with E-state index >= 15 is 0 Å². The van der Waals surface area contributed by atoms with Crippen molar-refractivity contribution in [3.63, 3.8) is 0 Å². The zero-order chi connectivity index (χ0) is 12.9. The largest absolute Gasteiger partial charge is 0.497 e. The Morgan fingerprint density at radius 3 is 2.76 bits per heavy atom. The summed E-state index contributed by atoms with van der Waals surface area (Å²) in [6.45, 7) is -0.174. The van der Waals surface area contributed by atoms with Crippen LogP contribution in [0.5, 0.6) is 5.75 Å². The van der Waals surface area contributed by atoms with Crippen molar-refractivity contribution in [2.45, 2.75) is 6.42 Å². The molecule has 96 valence electrons. The topological polar surface area (TPSA) is 75.6 Å². The predicted octanol–water partition coefficient (Wildman–Crippen LogP) is 1.47. The molecule has 0 aliphatic rings. The first-order chi connectivity index (χ1) is 7.98. The average molecular weight is 280 g/mol. The number of anilines is 1. The van der Waals surface area contributed by atoms with E-state index in [1.54, 1.807) is 12.1 Å². The van der Waals surface area contributed by atoms with Crippen molar-refractivity contribution >= 4 is 27.3 Å². The minimum absolute atomic E-state index is 0.156. The highest BCUT2D eigenvalue weighted by Crippen LogP contribution is 2.27. The van der Waals surface area contributed by atoms with E-state index in [2.05, 4.69) is 4.72 Å². The van der Waals surface area contributed by atoms with Gasteiger partial charge in [-0.05, 0) is 18.6 Å². The molecular weight excluding hydrogens is 266 g/mol. The monoisotopic (exact) mass is 279 g/mol. The van der Waals surface area contributed by atoms with Gasteiger partial charge in [-0.25, -0.2) is 8.42 Å². The number of hydrogen-bond acceptors (Lipinski definition) is 4. The number of nitrogens with one attached hydrogen (secondary N) is 1. The normalized spacial score (nSPS) is 11.2. The summed E-state index contributed by atoms with van der Waals surface area (Å²) in [5.74, 6) is 0.353. The standard InChI is InChI=1S/C10H14ClNO4S/c1-16-8-3-4-9(11)10(7-8)12-17(14,15)6-2-5-13/h3-4,7,12-13H,2,5-6H2,1H3. The van der Waals surface area contributed by atoms with Crippen molar-refractivity contribution < 1.29 is 18.3 Å². The molecule has 0 aliphatic heterocycles. The number of ether oxygens (including phenoxy) is 1. The van der Waals surface area contributed by atoms with Gasteiger partial charge >= 0.3 is 0 Å². The number of benzene rings is 1. The maximum atomic E-state index is 11.6. The Kier molecular flexibility index (Phi) is 5.04. The summed E-state index contributed by atoms with van der Waals surface area (Å²) >= 11 is 5.86. The van der Waals surface area contributed by atoms with Crippen LogP contribution >= 0.6 is 11.6 Å². The second kappa shape index (κ2) is 6.09. The zero-order valence-electron chi connectivity index (χ0n) is 9.31. The van der Waals surface area contributed by atoms with Crippen LogP contribution in [0.2, 0.25) is 5.02 Å². The zero-order valence-corrected chi connectivity index (χ0v) is 10.9. The van der Waals surface area contributed by atoms with Gasteiger partial charge in [0.2, 0.25) is 10.0 Å². The minimum atomic E-state index is -3.49. The number of hydrogen-bond donors (Lipinski definition) is 2. The van der Waals surface area contributed by atoms with Gasteiger partial charge in [-0.15, -0.1) is 0 Å². The fourth-order valence-corrected chi connectivity index (χ4v) is 2.52. The Bertz CT molecular complexity index is 475. The summed E-state index contributed by atoms with van der Waals surface area (Å²) < 4.78 is 30.5. The van der Waals surface area contributed by atoms with Crippen LogP contribution in [0.3, 0.4) is 0 Å². The van der Waals surface area contributed by atoms with Crippen molar-refractivity contribution in [3.8, 4) is 5.75 Å². The van der Waals surface area contributed by atoms with Crippen molar-refractivity contribution in [2.24, 2.45) is 0 Å². The van der Waals surface area contributed by atoms with Crippen LogP contribution in [0.1, 0.15) is 6.42 Å². The van der Waals surface area contributed by atoms with Crippen LogP contribution in [0.25, 0.3) is 0 Å². The Morgan fingerprint density at radius 1 is 1.47 bits per heavy atom. The molecule has 1 aromatic rings. The molecule has 17 heavy (non-hydrogen) atoms. The van der Waals surface area contributed by atoms with Gasteiger partial charge in [0.1, 0.15) is 5.75 Å². The van der Waals surface area contributed by atoms with Gasteiger partial charge in [0.05, 0.1) is 23.6 Å². The van der Waals surface area contributed by atoms with E-state index in [0.717, 1.165) is 0 Å². The van der Waals surface area contributed by atoms with Crippen LogP contribution in [-0.4, -0.2) is 33.0 Å². The molecule has 0 aliphatic carbocycles. The van der Waals surface area contributed by atoms with Gasteiger partial charge in [0.25, 0.3) is 0 Å². The van der Waals surface area contributed by atoms with Crippen LogP contribution in [0.4, 0.5) is 5.69 Å². The van der Waals surface area contributed by atoms with Gasteiger partial charge in [-0.3, -0.25) is 4.72 Å². The number of halogens is 1. The highest BCUT2D eigenvalue weighted by Gasteiger charge is 2.12. The summed E-state index contributed by atoms with van der Waals surface area (Å²) in [6.07, 6.45) is 0.178. The van der Waals surface area contributed by atoms with Gasteiger partial charge in [0, 0.05) is 12.7 Å². The number of aliphatic hydroxyl groups excluding tert-OH is 1. The van der Waals surface area contributed by atoms with E-state index in [1.807, 2.05) is 0 Å². The molecule has 0 saturated carbocycles. The highest BCUT2D eigenvalue weighted by atomic mass is 35.5. The van der Waals surface area contributed by atoms with Crippen LogP contribution in [0.15, 0.2) is 18.2 Å². The molecular formula is C10H14ClNO4S. The van der Waals surface area contributed by atoms with E-state index in [1.165, 1.54) is 13.2 Å². The molecule has 7 heteroatoms. The van der Waals surface area contributed by atoms with E-state index in [0.29, 0.717) is 10.8 Å². The Balaban J connectivity index is 2.87. The molecule has 1 rings (SSSR count). The molecule has 0 radical (unpaired) electrons. The summed E-state index contributed by atoms with van der Waals surface area (Å²) in [4.78, 5) is 0. The van der Waals surface area contributed by atoms with E-state index in [-0.39, 0.29) is 24.5 Å². The van der Waals surface area contributed by atoms with Crippen molar-refractivity contribution in [2.75, 3.05) is 24.2 Å². The SMILES string of the molecule is COc1ccc(Cl)c(NS(=O)(=O)CCCO)c1. The lowest BCUT2D eigenvalue weighted by molar-refractivity contribution is 0.295. The quantitative estimate of drug-likeness (QED) is 0.827. The lowest BCUT2D eigenvalue weighted by atomic mass is 10.3. The number of rotatable bonds is 6. The molecule has 0 saturated heterocycles. The predicted molar refractivity (Wildman–Crippen MR) is 67.1 cm³/mol. The lowest BCUT2D eigenvalue weighted by Gasteiger charge is -2.10. The first-order valence-electron chi connectivity index (χ1n) is 4.93. The first-order valence-corrected chi connectivity index (χ1v) is 6.96. The van der Waals surface area contributed by atoms with Gasteiger partial charge < -0.3 is 9.84 Å². The van der Waals surface area contributed by atoms with Gasteiger partial charge in [0.15, 0.2) is 0 Å². The molecule has 5 nitrogen and oxygen atoms in total. The molecule has 1 aromatic carbocycles. The average Bonchev–Trinajstić information content (AvgIpc) is 2.29. The molecule has 0 unspecified atom stereocenters. The molecule has 0 fully saturated rings. The molecule has 2 N–H and O–H groups in total. The lowest BCUT2D eigenvalue weighted by Crippen LogP contribution is -2.17. The number of sulfonamides is 1. The fourth-order valence-electron chi connectivity index (χ4n) is 1.18. The van der Waals surface area contributed by atoms with Crippen LogP contribution in [-0.2, 0) is 10.0 Å². The van der Waals surface area contributed by atoms with E-state index < -0.39 is 10.0 Å². The third kappa shape index (κ3) is 4.41. The van der Waals surface area contributed by atoms with E-state index in [4.69, 9.17) is 21.4 Å². The van der Waals surface area contributed by atoms with Gasteiger partial charge in [-0.2, -0.15) is 0 Å². The van der Waals surface area contributed by atoms with E-state index in [9.17, 15) is 8.42 Å². The smallest absolute Gasteiger partial charge is 0.232 e. The second-order valence-electron chi connectivity index (χ2n) is 3.34. The summed E-state index contributed by atoms with van der Waals surface area (Å²) in [7, 11) is -2.01. The minimum Gasteiger partial charge on any atom is -0.497 e. The van der Waals surface area contributed by atoms with Crippen molar-refractivity contribution in [1.29, 1.82) is 0 Å². The second-order valence-corrected chi connectivity index (χ2v) is 5.59. The Labute approximate surface area is 105 Å². The summed E-state index contributed by atoms with van der Waals surface area (Å²) in [5, 5.41) is 8.88. The third-order valence-electron chi connectivity index (χ3n) is 2.01. The number of aliphatic hydroxyl groups is 1. The van der Waals surface area contributed by atoms with Crippen molar-refractivity contribution in [1.82, 2.24) is 0 Å². The Hall–Kier alpha value is -0.980. The van der Waals surface area contributed by atoms with Crippen molar-refractivity contribution in [3.05, 3.63) is 23.2 Å². The Morgan fingerprint density at radius 2 is 2.18 bits per heavy atom. The summed E-state index contributed by atoms with van der Waals surface area (Å²) in [6, 6.07) is 4.68. The molecule has 0 aromatic heterocycles. The molecule has 0 heterocycles. The first kappa shape index (κ1) is 14.1. The highest BCUT2D eigenvalue weighted by molar-refractivity contribution is 7.92. The van der Waals surface area contributed by atoms with Crippen LogP contribution < -0.4 is 9.46 Å². The van der Waals surface area contributed by atoms with Crippen LogP contribution in [0, 0.1) is 0 Å². The molecule has 0 bridgehead atoms. The third-order valence-corrected chi connectivity index (χ3v) is 3.70. The number of methoxy groups -OCH3 is 1. The van der Waals surface area contributed by atoms with Gasteiger partial charge in [-0.1, -0.05) is 11.6 Å². The molecule has 0 amide bonds.